The summed E-state index contributed by atoms with van der Waals surface area (Å²) in [5, 5.41) is 11.1. The number of carbonyl (C=O) groups is 2. The Morgan fingerprint density at radius 3 is 2.29 bits per heavy atom. The van der Waals surface area contributed by atoms with E-state index in [4.69, 9.17) is 10.8 Å². The van der Waals surface area contributed by atoms with Gasteiger partial charge >= 0.3 is 5.97 Å². The molecule has 0 aliphatic carbocycles. The molecule has 0 saturated carbocycles. The lowest BCUT2D eigenvalue weighted by molar-refractivity contribution is -0.141. The van der Waals surface area contributed by atoms with Crippen molar-refractivity contribution < 1.29 is 14.7 Å². The van der Waals surface area contributed by atoms with Gasteiger partial charge in [0.1, 0.15) is 6.04 Å². The van der Waals surface area contributed by atoms with Gasteiger partial charge in [0.05, 0.1) is 0 Å². The van der Waals surface area contributed by atoms with E-state index in [1.54, 1.807) is 6.92 Å². The number of nitrogens with one attached hydrogen (secondary N) is 1. The largest absolute Gasteiger partial charge is 0.480 e. The number of aliphatic carboxylic acids is 1. The van der Waals surface area contributed by atoms with E-state index in [2.05, 4.69) is 5.32 Å². The number of hydrogen-bond donors (Lipinski definition) is 3. The minimum atomic E-state index is -1.01. The second-order valence-electron chi connectivity index (χ2n) is 3.24. The van der Waals surface area contributed by atoms with Crippen LogP contribution in [0.3, 0.4) is 0 Å². The molecule has 5 heteroatoms. The molecular weight excluding hydrogens is 184 g/mol. The minimum Gasteiger partial charge on any atom is -0.480 e. The van der Waals surface area contributed by atoms with Gasteiger partial charge in [-0.15, -0.1) is 0 Å². The van der Waals surface area contributed by atoms with Crippen LogP contribution in [0.2, 0.25) is 0 Å². The quantitative estimate of drug-likeness (QED) is 0.569. The molecule has 0 bridgehead atoms. The van der Waals surface area contributed by atoms with E-state index in [0.717, 1.165) is 0 Å². The predicted octanol–water partition coefficient (Wildman–Crippen LogP) is 0.0932. The number of amides is 1. The van der Waals surface area contributed by atoms with Crippen molar-refractivity contribution >= 4 is 11.9 Å². The number of rotatable bonds is 6. The van der Waals surface area contributed by atoms with Crippen LogP contribution in [0.5, 0.6) is 0 Å². The summed E-state index contributed by atoms with van der Waals surface area (Å²) in [6, 6.07) is -0.993. The van der Waals surface area contributed by atoms with E-state index in [0.29, 0.717) is 12.8 Å². The van der Waals surface area contributed by atoms with Gasteiger partial charge in [-0.25, -0.2) is 4.79 Å². The molecule has 2 atom stereocenters. The maximum absolute atomic E-state index is 11.2. The van der Waals surface area contributed by atoms with E-state index >= 15 is 0 Å². The van der Waals surface area contributed by atoms with E-state index in [1.165, 1.54) is 0 Å². The van der Waals surface area contributed by atoms with Crippen LogP contribution in [0.4, 0.5) is 0 Å². The molecule has 0 spiro atoms. The van der Waals surface area contributed by atoms with Gasteiger partial charge in [-0.2, -0.15) is 0 Å². The first kappa shape index (κ1) is 12.9. The van der Waals surface area contributed by atoms with Crippen molar-refractivity contribution in [1.82, 2.24) is 5.32 Å². The fourth-order valence-corrected chi connectivity index (χ4v) is 0.974. The van der Waals surface area contributed by atoms with Crippen LogP contribution in [0, 0.1) is 0 Å². The zero-order valence-electron chi connectivity index (χ0n) is 8.62. The molecule has 4 N–H and O–H groups in total. The first-order valence-electron chi connectivity index (χ1n) is 4.79. The lowest BCUT2D eigenvalue weighted by Crippen LogP contribution is -2.42. The Kier molecular flexibility index (Phi) is 5.87. The van der Waals surface area contributed by atoms with Crippen molar-refractivity contribution in [2.24, 2.45) is 5.73 Å². The summed E-state index contributed by atoms with van der Waals surface area (Å²) in [5.74, 6) is -1.31. The molecule has 0 fully saturated rings. The van der Waals surface area contributed by atoms with E-state index < -0.39 is 12.0 Å². The van der Waals surface area contributed by atoms with Crippen LogP contribution in [0.15, 0.2) is 0 Å². The molecule has 0 aliphatic heterocycles. The lowest BCUT2D eigenvalue weighted by atomic mass is 10.1. The highest BCUT2D eigenvalue weighted by Gasteiger charge is 2.18. The number of carboxylic acids is 1. The third-order valence-electron chi connectivity index (χ3n) is 2.01. The summed E-state index contributed by atoms with van der Waals surface area (Å²) in [7, 11) is 0. The average Bonchev–Trinajstić information content (AvgIpc) is 2.13. The van der Waals surface area contributed by atoms with Crippen LogP contribution >= 0.6 is 0 Å². The summed E-state index contributed by atoms with van der Waals surface area (Å²) >= 11 is 0. The average molecular weight is 202 g/mol. The van der Waals surface area contributed by atoms with Crippen molar-refractivity contribution in [2.45, 2.75) is 45.2 Å². The van der Waals surface area contributed by atoms with Crippen molar-refractivity contribution in [2.75, 3.05) is 0 Å². The molecule has 2 unspecified atom stereocenters. The van der Waals surface area contributed by atoms with Crippen molar-refractivity contribution in [3.05, 3.63) is 0 Å². The number of carbonyl (C=O) groups excluding carboxylic acids is 1. The van der Waals surface area contributed by atoms with Gasteiger partial charge < -0.3 is 16.2 Å². The zero-order chi connectivity index (χ0) is 11.1. The molecule has 0 rings (SSSR count). The molecule has 1 amide bonds. The first-order chi connectivity index (χ1) is 6.51. The Hall–Kier alpha value is -1.10. The Morgan fingerprint density at radius 1 is 1.36 bits per heavy atom. The summed E-state index contributed by atoms with van der Waals surface area (Å²) < 4.78 is 0. The van der Waals surface area contributed by atoms with Crippen molar-refractivity contribution in [3.8, 4) is 0 Å². The predicted molar refractivity (Wildman–Crippen MR) is 52.7 cm³/mol. The third kappa shape index (κ3) is 4.81. The van der Waals surface area contributed by atoms with Gasteiger partial charge in [-0.05, 0) is 12.8 Å². The number of carboxylic acid groups (broad SMARTS) is 1. The van der Waals surface area contributed by atoms with Gasteiger partial charge in [0.25, 0.3) is 0 Å². The molecule has 82 valence electrons. The molecular formula is C9H18N2O3. The van der Waals surface area contributed by atoms with E-state index in [-0.39, 0.29) is 18.4 Å². The van der Waals surface area contributed by atoms with Crippen molar-refractivity contribution in [1.29, 1.82) is 0 Å². The Balaban J connectivity index is 3.97. The van der Waals surface area contributed by atoms with Crippen LogP contribution in [0.25, 0.3) is 0 Å². The summed E-state index contributed by atoms with van der Waals surface area (Å²) in [6.07, 6.45) is 1.26. The maximum Gasteiger partial charge on any atom is 0.326 e. The molecule has 0 aromatic carbocycles. The maximum atomic E-state index is 11.2. The van der Waals surface area contributed by atoms with Crippen LogP contribution in [-0.2, 0) is 9.59 Å². The summed E-state index contributed by atoms with van der Waals surface area (Å²) in [5.41, 5.74) is 5.56. The first-order valence-corrected chi connectivity index (χ1v) is 4.79. The van der Waals surface area contributed by atoms with E-state index in [9.17, 15) is 9.59 Å². The Labute approximate surface area is 83.7 Å². The fourth-order valence-electron chi connectivity index (χ4n) is 0.974. The monoisotopic (exact) mass is 202 g/mol. The Morgan fingerprint density at radius 2 is 1.93 bits per heavy atom. The van der Waals surface area contributed by atoms with Crippen LogP contribution < -0.4 is 11.1 Å². The highest BCUT2D eigenvalue weighted by Crippen LogP contribution is 1.96. The molecule has 0 aliphatic rings. The third-order valence-corrected chi connectivity index (χ3v) is 2.01. The van der Waals surface area contributed by atoms with Crippen molar-refractivity contribution in [3.63, 3.8) is 0 Å². The summed E-state index contributed by atoms with van der Waals surface area (Å²) in [4.78, 5) is 21.8. The number of hydrogen-bond acceptors (Lipinski definition) is 3. The lowest BCUT2D eigenvalue weighted by Gasteiger charge is -2.14. The van der Waals surface area contributed by atoms with Gasteiger partial charge in [-0.3, -0.25) is 4.79 Å². The van der Waals surface area contributed by atoms with E-state index in [1.807, 2.05) is 6.92 Å². The molecule has 0 aromatic heterocycles. The van der Waals surface area contributed by atoms with Gasteiger partial charge in [0.2, 0.25) is 5.91 Å². The highest BCUT2D eigenvalue weighted by atomic mass is 16.4. The van der Waals surface area contributed by atoms with Gasteiger partial charge in [0.15, 0.2) is 0 Å². The second kappa shape index (κ2) is 6.37. The number of nitrogens with two attached hydrogens (primary N) is 1. The molecule has 0 radical (unpaired) electrons. The Bertz CT molecular complexity index is 206. The smallest absolute Gasteiger partial charge is 0.326 e. The molecule has 14 heavy (non-hydrogen) atoms. The second-order valence-corrected chi connectivity index (χ2v) is 3.24. The minimum absolute atomic E-state index is 0.181. The normalized spacial score (nSPS) is 14.5. The molecule has 5 nitrogen and oxygen atoms in total. The van der Waals surface area contributed by atoms with Crippen LogP contribution in [0.1, 0.15) is 33.1 Å². The van der Waals surface area contributed by atoms with Crippen LogP contribution in [-0.4, -0.2) is 29.1 Å². The SMILES string of the molecule is CCC(N)CC(=O)NC(CC)C(=O)O. The molecule has 0 saturated heterocycles. The van der Waals surface area contributed by atoms with Gasteiger partial charge in [0, 0.05) is 12.5 Å². The fraction of sp³-hybridized carbons (Fsp3) is 0.778. The molecule has 0 aromatic rings. The topological polar surface area (TPSA) is 92.4 Å². The standard InChI is InChI=1S/C9H18N2O3/c1-3-6(10)5-8(12)11-7(4-2)9(13)14/h6-7H,3-5,10H2,1-2H3,(H,11,12)(H,13,14). The zero-order valence-corrected chi connectivity index (χ0v) is 8.62. The highest BCUT2D eigenvalue weighted by molar-refractivity contribution is 5.83. The van der Waals surface area contributed by atoms with Gasteiger partial charge in [-0.1, -0.05) is 13.8 Å². The molecule has 0 heterocycles. The summed E-state index contributed by atoms with van der Waals surface area (Å²) in [6.45, 7) is 3.59.